The van der Waals surface area contributed by atoms with Crippen molar-refractivity contribution in [3.63, 3.8) is 0 Å². The largest absolute Gasteiger partial charge is 0.349 e. The van der Waals surface area contributed by atoms with Gasteiger partial charge in [-0.1, -0.05) is 12.1 Å². The fourth-order valence-corrected chi connectivity index (χ4v) is 2.60. The van der Waals surface area contributed by atoms with Gasteiger partial charge in [-0.05, 0) is 50.9 Å². The highest BCUT2D eigenvalue weighted by molar-refractivity contribution is 6.04. The molecule has 0 radical (unpaired) electrons. The molecule has 0 aromatic heterocycles. The molecular formula is C16H21N3O2. The molecular weight excluding hydrogens is 266 g/mol. The molecule has 3 rings (SSSR count). The topological polar surface area (TPSA) is 70.2 Å². The summed E-state index contributed by atoms with van der Waals surface area (Å²) in [7, 11) is 0. The fraction of sp³-hybridized carbons (Fsp3) is 0.500. The van der Waals surface area contributed by atoms with Gasteiger partial charge in [-0.3, -0.25) is 9.59 Å². The van der Waals surface area contributed by atoms with Crippen LogP contribution in [0, 0.1) is 5.92 Å². The third kappa shape index (κ3) is 3.61. The summed E-state index contributed by atoms with van der Waals surface area (Å²) in [5, 5.41) is 9.14. The smallest absolute Gasteiger partial charge is 0.253 e. The van der Waals surface area contributed by atoms with Crippen molar-refractivity contribution in [2.45, 2.75) is 31.7 Å². The van der Waals surface area contributed by atoms with Gasteiger partial charge in [0.2, 0.25) is 5.91 Å². The molecule has 1 aromatic rings. The van der Waals surface area contributed by atoms with Gasteiger partial charge in [0, 0.05) is 12.0 Å². The highest BCUT2D eigenvalue weighted by Gasteiger charge is 2.26. The van der Waals surface area contributed by atoms with E-state index in [4.69, 9.17) is 0 Å². The van der Waals surface area contributed by atoms with Gasteiger partial charge < -0.3 is 16.0 Å². The van der Waals surface area contributed by atoms with Crippen molar-refractivity contribution >= 4 is 17.5 Å². The van der Waals surface area contributed by atoms with Gasteiger partial charge >= 0.3 is 0 Å². The SMILES string of the molecule is O=C(NC1CC1)c1ccccc1NC(=O)C1CCNCC1. The molecule has 1 heterocycles. The van der Waals surface area contributed by atoms with Crippen LogP contribution >= 0.6 is 0 Å². The van der Waals surface area contributed by atoms with Gasteiger partial charge in [0.1, 0.15) is 0 Å². The molecule has 0 atom stereocenters. The van der Waals surface area contributed by atoms with E-state index in [2.05, 4.69) is 16.0 Å². The molecule has 21 heavy (non-hydrogen) atoms. The number of anilines is 1. The summed E-state index contributed by atoms with van der Waals surface area (Å²) in [4.78, 5) is 24.5. The number of para-hydroxylation sites is 1. The van der Waals surface area contributed by atoms with Crippen LogP contribution in [-0.4, -0.2) is 30.9 Å². The Hall–Kier alpha value is -1.88. The van der Waals surface area contributed by atoms with Crippen LogP contribution in [0.4, 0.5) is 5.69 Å². The summed E-state index contributed by atoms with van der Waals surface area (Å²) in [6, 6.07) is 7.52. The van der Waals surface area contributed by atoms with Gasteiger partial charge in [-0.2, -0.15) is 0 Å². The monoisotopic (exact) mass is 287 g/mol. The maximum absolute atomic E-state index is 12.3. The Kier molecular flexibility index (Phi) is 4.20. The van der Waals surface area contributed by atoms with E-state index in [0.29, 0.717) is 17.3 Å². The average Bonchev–Trinajstić information content (AvgIpc) is 3.32. The Morgan fingerprint density at radius 2 is 1.76 bits per heavy atom. The first-order valence-corrected chi connectivity index (χ1v) is 7.65. The Balaban J connectivity index is 1.68. The van der Waals surface area contributed by atoms with Gasteiger partial charge in [0.25, 0.3) is 5.91 Å². The number of benzene rings is 1. The minimum absolute atomic E-state index is 0.0168. The van der Waals surface area contributed by atoms with E-state index < -0.39 is 0 Å². The Morgan fingerprint density at radius 1 is 1.05 bits per heavy atom. The third-order valence-electron chi connectivity index (χ3n) is 4.05. The molecule has 2 amide bonds. The van der Waals surface area contributed by atoms with Crippen LogP contribution in [0.2, 0.25) is 0 Å². The third-order valence-corrected chi connectivity index (χ3v) is 4.05. The molecule has 2 aliphatic rings. The molecule has 112 valence electrons. The molecule has 0 bridgehead atoms. The number of carbonyl (C=O) groups excluding carboxylic acids is 2. The minimum Gasteiger partial charge on any atom is -0.349 e. The van der Waals surface area contributed by atoms with Crippen molar-refractivity contribution in [1.29, 1.82) is 0 Å². The Bertz CT molecular complexity index is 534. The maximum Gasteiger partial charge on any atom is 0.253 e. The lowest BCUT2D eigenvalue weighted by atomic mass is 9.97. The minimum atomic E-state index is -0.0984. The van der Waals surface area contributed by atoms with Crippen molar-refractivity contribution in [3.8, 4) is 0 Å². The van der Waals surface area contributed by atoms with E-state index in [1.54, 1.807) is 12.1 Å². The summed E-state index contributed by atoms with van der Waals surface area (Å²) < 4.78 is 0. The molecule has 1 saturated carbocycles. The van der Waals surface area contributed by atoms with Gasteiger partial charge in [0.15, 0.2) is 0 Å². The zero-order valence-corrected chi connectivity index (χ0v) is 12.0. The molecule has 0 unspecified atom stereocenters. The lowest BCUT2D eigenvalue weighted by molar-refractivity contribution is -0.120. The van der Waals surface area contributed by atoms with Crippen molar-refractivity contribution in [2.24, 2.45) is 5.92 Å². The molecule has 1 saturated heterocycles. The number of hydrogen-bond donors (Lipinski definition) is 3. The number of hydrogen-bond acceptors (Lipinski definition) is 3. The average molecular weight is 287 g/mol. The van der Waals surface area contributed by atoms with Crippen molar-refractivity contribution < 1.29 is 9.59 Å². The number of nitrogens with one attached hydrogen (secondary N) is 3. The van der Waals surface area contributed by atoms with Crippen LogP contribution in [-0.2, 0) is 4.79 Å². The summed E-state index contributed by atoms with van der Waals surface area (Å²) in [6.45, 7) is 1.75. The second-order valence-corrected chi connectivity index (χ2v) is 5.81. The number of piperidine rings is 1. The highest BCUT2D eigenvalue weighted by Crippen LogP contribution is 2.22. The van der Waals surface area contributed by atoms with Crippen LogP contribution in [0.1, 0.15) is 36.0 Å². The maximum atomic E-state index is 12.3. The zero-order chi connectivity index (χ0) is 14.7. The Morgan fingerprint density at radius 3 is 2.48 bits per heavy atom. The molecule has 3 N–H and O–H groups in total. The predicted octanol–water partition coefficient (Wildman–Crippen LogP) is 1.52. The predicted molar refractivity (Wildman–Crippen MR) is 81.2 cm³/mol. The fourth-order valence-electron chi connectivity index (χ4n) is 2.60. The second-order valence-electron chi connectivity index (χ2n) is 5.81. The van der Waals surface area contributed by atoms with Gasteiger partial charge in [0.05, 0.1) is 11.3 Å². The van der Waals surface area contributed by atoms with Crippen LogP contribution in [0.5, 0.6) is 0 Å². The summed E-state index contributed by atoms with van der Waals surface area (Å²) in [5.74, 6) is -0.0484. The Labute approximate surface area is 124 Å². The van der Waals surface area contributed by atoms with Crippen LogP contribution in [0.25, 0.3) is 0 Å². The van der Waals surface area contributed by atoms with Crippen LogP contribution in [0.3, 0.4) is 0 Å². The number of carbonyl (C=O) groups is 2. The lowest BCUT2D eigenvalue weighted by Gasteiger charge is -2.22. The number of amides is 2. The molecule has 1 aromatic carbocycles. The lowest BCUT2D eigenvalue weighted by Crippen LogP contribution is -2.35. The standard InChI is InChI=1S/C16H21N3O2/c20-15(11-7-9-17-10-8-11)19-14-4-2-1-3-13(14)16(21)18-12-5-6-12/h1-4,11-12,17H,5-10H2,(H,18,21)(H,19,20). The van der Waals surface area contributed by atoms with Gasteiger partial charge in [-0.15, -0.1) is 0 Å². The molecule has 1 aliphatic heterocycles. The quantitative estimate of drug-likeness (QED) is 0.786. The summed E-state index contributed by atoms with van der Waals surface area (Å²) >= 11 is 0. The first-order valence-electron chi connectivity index (χ1n) is 7.65. The summed E-state index contributed by atoms with van der Waals surface area (Å²) in [6.07, 6.45) is 3.80. The summed E-state index contributed by atoms with van der Waals surface area (Å²) in [5.41, 5.74) is 1.16. The van der Waals surface area contributed by atoms with E-state index in [0.717, 1.165) is 38.8 Å². The van der Waals surface area contributed by atoms with E-state index in [1.165, 1.54) is 0 Å². The highest BCUT2D eigenvalue weighted by atomic mass is 16.2. The normalized spacial score (nSPS) is 19.0. The van der Waals surface area contributed by atoms with E-state index >= 15 is 0 Å². The van der Waals surface area contributed by atoms with Crippen molar-refractivity contribution in [3.05, 3.63) is 29.8 Å². The van der Waals surface area contributed by atoms with Crippen LogP contribution in [0.15, 0.2) is 24.3 Å². The first-order chi connectivity index (χ1) is 10.2. The first kappa shape index (κ1) is 14.1. The molecule has 1 aliphatic carbocycles. The van der Waals surface area contributed by atoms with Crippen LogP contribution < -0.4 is 16.0 Å². The van der Waals surface area contributed by atoms with E-state index in [-0.39, 0.29) is 17.7 Å². The van der Waals surface area contributed by atoms with E-state index in [1.807, 2.05) is 12.1 Å². The number of rotatable bonds is 4. The molecule has 2 fully saturated rings. The molecule has 0 spiro atoms. The van der Waals surface area contributed by atoms with Gasteiger partial charge in [-0.25, -0.2) is 0 Å². The molecule has 5 heteroatoms. The van der Waals surface area contributed by atoms with Crippen molar-refractivity contribution in [1.82, 2.24) is 10.6 Å². The van der Waals surface area contributed by atoms with E-state index in [9.17, 15) is 9.59 Å². The zero-order valence-electron chi connectivity index (χ0n) is 12.0. The molecule has 5 nitrogen and oxygen atoms in total. The second kappa shape index (κ2) is 6.26. The van der Waals surface area contributed by atoms with Crippen molar-refractivity contribution in [2.75, 3.05) is 18.4 Å².